The van der Waals surface area contributed by atoms with Crippen LogP contribution in [0.1, 0.15) is 50.4 Å². The minimum atomic E-state index is -1.24. The molecule has 128 valence electrons. The summed E-state index contributed by atoms with van der Waals surface area (Å²) < 4.78 is 5.12. The molecule has 1 aliphatic carbocycles. The van der Waals surface area contributed by atoms with Gasteiger partial charge in [0.15, 0.2) is 0 Å². The van der Waals surface area contributed by atoms with Crippen molar-refractivity contribution in [3.8, 4) is 11.5 Å². The first-order chi connectivity index (χ1) is 11.2. The lowest BCUT2D eigenvalue weighted by Crippen LogP contribution is -2.19. The first-order valence-electron chi connectivity index (χ1n) is 7.87. The number of ether oxygens (including phenoxy) is 1. The van der Waals surface area contributed by atoms with Crippen molar-refractivity contribution in [2.75, 3.05) is 0 Å². The number of carboxylic acid groups (broad SMARTS) is 1. The van der Waals surface area contributed by atoms with E-state index < -0.39 is 17.7 Å². The van der Waals surface area contributed by atoms with E-state index in [0.717, 1.165) is 30.9 Å². The van der Waals surface area contributed by atoms with E-state index in [1.165, 1.54) is 23.8 Å². The van der Waals surface area contributed by atoms with Crippen molar-refractivity contribution in [3.63, 3.8) is 0 Å². The van der Waals surface area contributed by atoms with Gasteiger partial charge in [-0.3, -0.25) is 0 Å². The highest BCUT2D eigenvalue weighted by Gasteiger charge is 2.26. The van der Waals surface area contributed by atoms with Gasteiger partial charge in [0, 0.05) is 12.1 Å². The summed E-state index contributed by atoms with van der Waals surface area (Å²) in [4.78, 5) is 22.8. The first-order valence-corrected chi connectivity index (χ1v) is 7.87. The van der Waals surface area contributed by atoms with Crippen molar-refractivity contribution in [2.24, 2.45) is 5.41 Å². The predicted molar refractivity (Wildman–Crippen MR) is 90.2 cm³/mol. The average Bonchev–Trinajstić information content (AvgIpc) is 2.45. The Morgan fingerprint density at radius 3 is 2.58 bits per heavy atom. The molecule has 0 atom stereocenters. The van der Waals surface area contributed by atoms with E-state index in [9.17, 15) is 14.7 Å². The van der Waals surface area contributed by atoms with Gasteiger partial charge in [-0.1, -0.05) is 25.5 Å². The molecule has 2 rings (SSSR count). The molecule has 1 aromatic rings. The third-order valence-electron chi connectivity index (χ3n) is 4.35. The van der Waals surface area contributed by atoms with Crippen molar-refractivity contribution < 1.29 is 24.5 Å². The summed E-state index contributed by atoms with van der Waals surface area (Å²) in [5.74, 6) is -2.16. The second-order valence-electron chi connectivity index (χ2n) is 6.67. The molecule has 0 fully saturated rings. The maximum atomic E-state index is 12.0. The van der Waals surface area contributed by atoms with Gasteiger partial charge in [0.25, 0.3) is 0 Å². The quantitative estimate of drug-likeness (QED) is 0.494. The van der Waals surface area contributed by atoms with Gasteiger partial charge in [-0.2, -0.15) is 0 Å². The van der Waals surface area contributed by atoms with Gasteiger partial charge in [-0.25, -0.2) is 9.59 Å². The molecule has 0 heterocycles. The van der Waals surface area contributed by atoms with Gasteiger partial charge < -0.3 is 14.9 Å². The van der Waals surface area contributed by atoms with Crippen LogP contribution in [0.3, 0.4) is 0 Å². The molecule has 0 aromatic heterocycles. The largest absolute Gasteiger partial charge is 0.507 e. The molecule has 1 aromatic carbocycles. The van der Waals surface area contributed by atoms with Crippen molar-refractivity contribution in [2.45, 2.75) is 40.0 Å². The zero-order chi connectivity index (χ0) is 17.9. The Bertz CT molecular complexity index is 725. The molecule has 2 N–H and O–H groups in total. The van der Waals surface area contributed by atoms with Crippen molar-refractivity contribution >= 4 is 11.9 Å². The van der Waals surface area contributed by atoms with Crippen LogP contribution in [0.25, 0.3) is 0 Å². The molecule has 0 saturated carbocycles. The second kappa shape index (κ2) is 6.91. The molecule has 0 radical (unpaired) electrons. The molecular formula is C19H22O5. The summed E-state index contributed by atoms with van der Waals surface area (Å²) in [6, 6.07) is 3.65. The number of hydrogen-bond acceptors (Lipinski definition) is 4. The fraction of sp³-hybridized carbons (Fsp3) is 0.368. The number of allylic oxidation sites excluding steroid dienone is 3. The SMILES string of the molecule is CC1=C(C=CC(=O)Oc2ccc(C(=O)O)c(O)c2)C(C)(C)CCC1. The summed E-state index contributed by atoms with van der Waals surface area (Å²) in [6.07, 6.45) is 6.42. The number of carbonyl (C=O) groups is 2. The minimum Gasteiger partial charge on any atom is -0.507 e. The Balaban J connectivity index is 2.11. The van der Waals surface area contributed by atoms with Gasteiger partial charge in [-0.15, -0.1) is 0 Å². The Hall–Kier alpha value is -2.56. The molecule has 5 nitrogen and oxygen atoms in total. The molecule has 0 bridgehead atoms. The number of esters is 1. The summed E-state index contributed by atoms with van der Waals surface area (Å²) >= 11 is 0. The predicted octanol–water partition coefficient (Wildman–Crippen LogP) is 4.08. The third-order valence-corrected chi connectivity index (χ3v) is 4.35. The lowest BCUT2D eigenvalue weighted by Gasteiger charge is -2.32. The Kier molecular flexibility index (Phi) is 5.12. The normalized spacial score (nSPS) is 17.1. The molecule has 1 aliphatic rings. The minimum absolute atomic E-state index is 0.0283. The number of carbonyl (C=O) groups excluding carboxylic acids is 1. The number of benzene rings is 1. The fourth-order valence-electron chi connectivity index (χ4n) is 3.07. The number of rotatable bonds is 4. The van der Waals surface area contributed by atoms with E-state index in [-0.39, 0.29) is 16.7 Å². The Labute approximate surface area is 141 Å². The fourth-order valence-corrected chi connectivity index (χ4v) is 3.07. The molecule has 0 aliphatic heterocycles. The molecule has 0 unspecified atom stereocenters. The lowest BCUT2D eigenvalue weighted by molar-refractivity contribution is -0.129. The molecule has 0 saturated heterocycles. The van der Waals surface area contributed by atoms with Crippen LogP contribution in [-0.2, 0) is 4.79 Å². The standard InChI is InChI=1S/C19H22O5/c1-12-5-4-10-19(2,3)15(12)8-9-17(21)24-13-6-7-14(18(22)23)16(20)11-13/h6-9,11,20H,4-5,10H2,1-3H3,(H,22,23). The van der Waals surface area contributed by atoms with Crippen LogP contribution in [0.15, 0.2) is 41.5 Å². The summed E-state index contributed by atoms with van der Waals surface area (Å²) in [5, 5.41) is 18.5. The van der Waals surface area contributed by atoms with Gasteiger partial charge in [0.05, 0.1) is 0 Å². The summed E-state index contributed by atoms with van der Waals surface area (Å²) in [7, 11) is 0. The van der Waals surface area contributed by atoms with Crippen LogP contribution in [0.4, 0.5) is 0 Å². The third kappa shape index (κ3) is 4.04. The van der Waals surface area contributed by atoms with E-state index in [2.05, 4.69) is 20.8 Å². The van der Waals surface area contributed by atoms with E-state index in [1.54, 1.807) is 6.08 Å². The number of hydrogen-bond donors (Lipinski definition) is 2. The molecule has 24 heavy (non-hydrogen) atoms. The van der Waals surface area contributed by atoms with Crippen molar-refractivity contribution in [1.29, 1.82) is 0 Å². The van der Waals surface area contributed by atoms with E-state index in [0.29, 0.717) is 0 Å². The highest BCUT2D eigenvalue weighted by atomic mass is 16.5. The monoisotopic (exact) mass is 330 g/mol. The topological polar surface area (TPSA) is 83.8 Å². The van der Waals surface area contributed by atoms with E-state index in [4.69, 9.17) is 9.84 Å². The summed E-state index contributed by atoms with van der Waals surface area (Å²) in [5.41, 5.74) is 2.21. The van der Waals surface area contributed by atoms with Gasteiger partial charge in [0.1, 0.15) is 17.1 Å². The van der Waals surface area contributed by atoms with Crippen LogP contribution in [0.5, 0.6) is 11.5 Å². The van der Waals surface area contributed by atoms with E-state index in [1.807, 2.05) is 0 Å². The number of carboxylic acids is 1. The molecule has 0 amide bonds. The average molecular weight is 330 g/mol. The van der Waals surface area contributed by atoms with Crippen LogP contribution in [0.2, 0.25) is 0 Å². The maximum Gasteiger partial charge on any atom is 0.339 e. The number of phenols is 1. The van der Waals surface area contributed by atoms with Crippen molar-refractivity contribution in [3.05, 3.63) is 47.1 Å². The van der Waals surface area contributed by atoms with Crippen molar-refractivity contribution in [1.82, 2.24) is 0 Å². The van der Waals surface area contributed by atoms with Crippen LogP contribution in [0, 0.1) is 5.41 Å². The Morgan fingerprint density at radius 2 is 2.00 bits per heavy atom. The van der Waals surface area contributed by atoms with Crippen LogP contribution < -0.4 is 4.74 Å². The zero-order valence-corrected chi connectivity index (χ0v) is 14.1. The van der Waals surface area contributed by atoms with Crippen LogP contribution >= 0.6 is 0 Å². The first kappa shape index (κ1) is 17.8. The zero-order valence-electron chi connectivity index (χ0n) is 14.1. The summed E-state index contributed by atoms with van der Waals surface area (Å²) in [6.45, 7) is 6.39. The van der Waals surface area contributed by atoms with Crippen LogP contribution in [-0.4, -0.2) is 22.2 Å². The highest BCUT2D eigenvalue weighted by molar-refractivity contribution is 5.91. The maximum absolute atomic E-state index is 12.0. The van der Waals surface area contributed by atoms with Gasteiger partial charge in [0.2, 0.25) is 0 Å². The number of aromatic hydroxyl groups is 1. The Morgan fingerprint density at radius 1 is 1.29 bits per heavy atom. The van der Waals surface area contributed by atoms with Gasteiger partial charge >= 0.3 is 11.9 Å². The highest BCUT2D eigenvalue weighted by Crippen LogP contribution is 2.40. The smallest absolute Gasteiger partial charge is 0.339 e. The molecular weight excluding hydrogens is 308 g/mol. The van der Waals surface area contributed by atoms with Gasteiger partial charge in [-0.05, 0) is 49.3 Å². The lowest BCUT2D eigenvalue weighted by atomic mass is 9.73. The molecule has 5 heteroatoms. The molecule has 0 spiro atoms. The second-order valence-corrected chi connectivity index (χ2v) is 6.67. The number of aromatic carboxylic acids is 1. The van der Waals surface area contributed by atoms with E-state index >= 15 is 0 Å².